The molecule has 2 unspecified atom stereocenters. The summed E-state index contributed by atoms with van der Waals surface area (Å²) in [6.45, 7) is 12.7. The summed E-state index contributed by atoms with van der Waals surface area (Å²) in [5.41, 5.74) is 2.48. The van der Waals surface area contributed by atoms with Gasteiger partial charge in [0.1, 0.15) is 22.7 Å². The summed E-state index contributed by atoms with van der Waals surface area (Å²) >= 11 is 0. The van der Waals surface area contributed by atoms with Crippen LogP contribution in [-0.4, -0.2) is 19.0 Å². The highest BCUT2D eigenvalue weighted by Gasteiger charge is 2.54. The van der Waals surface area contributed by atoms with Crippen molar-refractivity contribution >= 4 is 18.0 Å². The number of hydrogen-bond donors (Lipinski definition) is 0. The molecule has 0 spiro atoms. The van der Waals surface area contributed by atoms with Gasteiger partial charge in [-0.15, -0.1) is 0 Å². The molecule has 5 nitrogen and oxygen atoms in total. The number of carbonyl (C=O) groups excluding carboxylic acids is 2. The van der Waals surface area contributed by atoms with Gasteiger partial charge in [0, 0.05) is 5.57 Å². The van der Waals surface area contributed by atoms with Crippen molar-refractivity contribution in [2.45, 2.75) is 40.5 Å². The maximum Gasteiger partial charge on any atom is 0.322 e. The van der Waals surface area contributed by atoms with E-state index in [1.54, 1.807) is 6.08 Å². The molecule has 178 valence electrons. The van der Waals surface area contributed by atoms with E-state index in [1.807, 2.05) is 75.4 Å². The van der Waals surface area contributed by atoms with Crippen molar-refractivity contribution in [2.24, 2.45) is 11.3 Å². The Balaban J connectivity index is 2.05. The summed E-state index contributed by atoms with van der Waals surface area (Å²) in [7, 11) is 0. The number of fused-ring (bicyclic) bond motifs is 1. The van der Waals surface area contributed by atoms with Crippen molar-refractivity contribution in [3.05, 3.63) is 95.5 Å². The Kier molecular flexibility index (Phi) is 8.11. The first-order valence-corrected chi connectivity index (χ1v) is 11.5. The minimum absolute atomic E-state index is 0.334. The molecule has 5 heteroatoms. The Morgan fingerprint density at radius 1 is 1.26 bits per heavy atom. The molecule has 0 saturated carbocycles. The van der Waals surface area contributed by atoms with Gasteiger partial charge in [0.2, 0.25) is 0 Å². The fraction of sp³-hybridized carbons (Fsp3) is 0.310. The number of hydrogen-bond acceptors (Lipinski definition) is 5. The molecule has 0 aromatic heterocycles. The van der Waals surface area contributed by atoms with Gasteiger partial charge in [0.05, 0.1) is 12.5 Å². The van der Waals surface area contributed by atoms with Crippen LogP contribution in [0.4, 0.5) is 0 Å². The first-order chi connectivity index (χ1) is 16.4. The van der Waals surface area contributed by atoms with Crippen LogP contribution in [0.3, 0.4) is 0 Å². The Morgan fingerprint density at radius 3 is 2.62 bits per heavy atom. The molecular formula is C29H32O5. The van der Waals surface area contributed by atoms with Gasteiger partial charge in [-0.25, -0.2) is 0 Å². The molecule has 0 bridgehead atoms. The van der Waals surface area contributed by atoms with Crippen LogP contribution in [0, 0.1) is 11.3 Å². The Morgan fingerprint density at radius 2 is 2.00 bits per heavy atom. The maximum atomic E-state index is 13.1. The van der Waals surface area contributed by atoms with Gasteiger partial charge in [-0.1, -0.05) is 49.9 Å². The predicted octanol–water partition coefficient (Wildman–Crippen LogP) is 6.46. The summed E-state index contributed by atoms with van der Waals surface area (Å²) in [6, 6.07) is 7.75. The minimum Gasteiger partial charge on any atom is -0.494 e. The lowest BCUT2D eigenvalue weighted by molar-refractivity contribution is -0.142. The highest BCUT2D eigenvalue weighted by Crippen LogP contribution is 2.52. The van der Waals surface area contributed by atoms with Gasteiger partial charge in [0.15, 0.2) is 0 Å². The van der Waals surface area contributed by atoms with Crippen LogP contribution < -0.4 is 4.74 Å². The van der Waals surface area contributed by atoms with E-state index >= 15 is 0 Å². The normalized spacial score (nSPS) is 23.6. The number of esters is 1. The average Bonchev–Trinajstić information content (AvgIpc) is 3.10. The molecule has 1 aromatic carbocycles. The Bertz CT molecular complexity index is 1100. The lowest BCUT2D eigenvalue weighted by atomic mass is 9.69. The zero-order valence-corrected chi connectivity index (χ0v) is 20.3. The first kappa shape index (κ1) is 25.0. The second kappa shape index (κ2) is 11.0. The number of ether oxygens (including phenoxy) is 3. The van der Waals surface area contributed by atoms with Crippen LogP contribution in [0.25, 0.3) is 5.57 Å². The molecular weight excluding hydrogens is 428 g/mol. The van der Waals surface area contributed by atoms with E-state index in [-0.39, 0.29) is 5.97 Å². The monoisotopic (exact) mass is 460 g/mol. The van der Waals surface area contributed by atoms with E-state index < -0.39 is 11.3 Å². The quantitative estimate of drug-likeness (QED) is 0.173. The molecule has 0 radical (unpaired) electrons. The predicted molar refractivity (Wildman–Crippen MR) is 134 cm³/mol. The summed E-state index contributed by atoms with van der Waals surface area (Å²) in [5, 5.41) is 0. The van der Waals surface area contributed by atoms with Crippen molar-refractivity contribution in [1.29, 1.82) is 0 Å². The zero-order valence-electron chi connectivity index (χ0n) is 20.3. The average molecular weight is 461 g/mol. The summed E-state index contributed by atoms with van der Waals surface area (Å²) in [5.74, 6) is 1.01. The van der Waals surface area contributed by atoms with E-state index in [0.29, 0.717) is 36.6 Å². The van der Waals surface area contributed by atoms with E-state index in [9.17, 15) is 9.59 Å². The van der Waals surface area contributed by atoms with E-state index in [2.05, 4.69) is 13.5 Å². The van der Waals surface area contributed by atoms with Crippen molar-refractivity contribution in [3.63, 3.8) is 0 Å². The molecule has 34 heavy (non-hydrogen) atoms. The summed E-state index contributed by atoms with van der Waals surface area (Å²) in [4.78, 5) is 24.5. The van der Waals surface area contributed by atoms with Gasteiger partial charge in [-0.3, -0.25) is 9.59 Å². The van der Waals surface area contributed by atoms with Crippen LogP contribution in [0.1, 0.15) is 46.1 Å². The van der Waals surface area contributed by atoms with Crippen LogP contribution in [0.15, 0.2) is 90.0 Å². The van der Waals surface area contributed by atoms with Crippen molar-refractivity contribution < 1.29 is 23.8 Å². The molecule has 3 rings (SSSR count). The highest BCUT2D eigenvalue weighted by atomic mass is 16.5. The SMILES string of the molecule is C=C/C=C(\C/C=C\C)C1(C)C(=O)OC2=C/C(=C(/C)c3ccc(OCCC)cc3)C(OC=O)=CC21. The van der Waals surface area contributed by atoms with Crippen molar-refractivity contribution in [3.8, 4) is 5.75 Å². The molecule has 0 amide bonds. The standard InChI is InChI=1S/C29H32O5/c1-6-9-11-22(10-7-2)29(5)25-18-26(33-19-30)24(17-27(25)34-28(29)31)20(4)21-12-14-23(15-13-21)32-16-8-3/h6-7,9-10,12-15,17-19,25H,2,8,11,16H2,1,3-5H3/b9-6-,22-10+,24-20+. The fourth-order valence-corrected chi connectivity index (χ4v) is 4.31. The molecule has 0 N–H and O–H groups in total. The third-order valence-corrected chi connectivity index (χ3v) is 6.33. The first-order valence-electron chi connectivity index (χ1n) is 11.5. The molecule has 1 saturated heterocycles. The summed E-state index contributed by atoms with van der Waals surface area (Å²) in [6.07, 6.45) is 12.6. The summed E-state index contributed by atoms with van der Waals surface area (Å²) < 4.78 is 16.9. The molecule has 1 aliphatic heterocycles. The van der Waals surface area contributed by atoms with Gasteiger partial charge in [-0.2, -0.15) is 0 Å². The molecule has 2 aliphatic rings. The highest BCUT2D eigenvalue weighted by molar-refractivity contribution is 5.87. The fourth-order valence-electron chi connectivity index (χ4n) is 4.31. The molecule has 1 aromatic rings. The Labute approximate surface area is 201 Å². The van der Waals surface area contributed by atoms with Crippen LogP contribution in [0.5, 0.6) is 5.75 Å². The maximum absolute atomic E-state index is 13.1. The zero-order chi connectivity index (χ0) is 24.7. The van der Waals surface area contributed by atoms with Crippen LogP contribution >= 0.6 is 0 Å². The van der Waals surface area contributed by atoms with Gasteiger partial charge >= 0.3 is 5.97 Å². The second-order valence-electron chi connectivity index (χ2n) is 8.47. The van der Waals surface area contributed by atoms with Crippen LogP contribution in [0.2, 0.25) is 0 Å². The minimum atomic E-state index is -0.936. The smallest absolute Gasteiger partial charge is 0.322 e. The number of benzene rings is 1. The van der Waals surface area contributed by atoms with Gasteiger partial charge < -0.3 is 14.2 Å². The van der Waals surface area contributed by atoms with E-state index in [1.165, 1.54) is 0 Å². The third kappa shape index (κ3) is 4.84. The largest absolute Gasteiger partial charge is 0.494 e. The van der Waals surface area contributed by atoms with E-state index in [4.69, 9.17) is 14.2 Å². The molecule has 1 heterocycles. The van der Waals surface area contributed by atoms with Crippen molar-refractivity contribution in [2.75, 3.05) is 6.61 Å². The molecule has 2 atom stereocenters. The number of carbonyl (C=O) groups is 2. The third-order valence-electron chi connectivity index (χ3n) is 6.33. The van der Waals surface area contributed by atoms with Crippen LogP contribution in [-0.2, 0) is 19.1 Å². The number of allylic oxidation sites excluding steroid dienone is 7. The van der Waals surface area contributed by atoms with Gasteiger partial charge in [0.25, 0.3) is 6.47 Å². The lowest BCUT2D eigenvalue weighted by Crippen LogP contribution is -2.32. The number of rotatable bonds is 10. The van der Waals surface area contributed by atoms with Crippen molar-refractivity contribution in [1.82, 2.24) is 0 Å². The molecule has 1 aliphatic carbocycles. The topological polar surface area (TPSA) is 61.8 Å². The second-order valence-corrected chi connectivity index (χ2v) is 8.47. The van der Waals surface area contributed by atoms with E-state index in [0.717, 1.165) is 28.9 Å². The molecule has 1 fully saturated rings. The Hall–Kier alpha value is -3.60. The lowest BCUT2D eigenvalue weighted by Gasteiger charge is -2.29. The van der Waals surface area contributed by atoms with Gasteiger partial charge in [-0.05, 0) is 74.6 Å².